The van der Waals surface area contributed by atoms with E-state index >= 15 is 0 Å². The Bertz CT molecular complexity index is 721. The van der Waals surface area contributed by atoms with Gasteiger partial charge in [0.2, 0.25) is 0 Å². The molecule has 21 heavy (non-hydrogen) atoms. The van der Waals surface area contributed by atoms with E-state index in [4.69, 9.17) is 16.3 Å². The summed E-state index contributed by atoms with van der Waals surface area (Å²) in [6.07, 6.45) is 0. The quantitative estimate of drug-likeness (QED) is 0.680. The van der Waals surface area contributed by atoms with Crippen LogP contribution < -0.4 is 10.1 Å². The fourth-order valence-corrected chi connectivity index (χ4v) is 4.82. The van der Waals surface area contributed by atoms with Crippen molar-refractivity contribution in [1.29, 1.82) is 0 Å². The van der Waals surface area contributed by atoms with E-state index in [0.717, 1.165) is 22.9 Å². The molecule has 0 fully saturated rings. The van der Waals surface area contributed by atoms with Crippen molar-refractivity contribution in [1.82, 2.24) is 5.32 Å². The van der Waals surface area contributed by atoms with Crippen LogP contribution in [0.2, 0.25) is 5.02 Å². The van der Waals surface area contributed by atoms with Crippen molar-refractivity contribution in [3.05, 3.63) is 51.2 Å². The van der Waals surface area contributed by atoms with E-state index in [9.17, 15) is 0 Å². The van der Waals surface area contributed by atoms with Gasteiger partial charge in [0.15, 0.2) is 0 Å². The number of fused-ring (bicyclic) bond motifs is 1. The van der Waals surface area contributed by atoms with Crippen molar-refractivity contribution in [2.24, 2.45) is 0 Å². The third-order valence-electron chi connectivity index (χ3n) is 3.35. The van der Waals surface area contributed by atoms with Gasteiger partial charge in [-0.2, -0.15) is 0 Å². The molecule has 0 bridgehead atoms. The van der Waals surface area contributed by atoms with Gasteiger partial charge in [-0.15, -0.1) is 22.7 Å². The predicted molar refractivity (Wildman–Crippen MR) is 93.2 cm³/mol. The number of hydrogen-bond acceptors (Lipinski definition) is 4. The number of nitrogens with one attached hydrogen (secondary N) is 1. The highest BCUT2D eigenvalue weighted by molar-refractivity contribution is 7.27. The van der Waals surface area contributed by atoms with E-state index in [1.165, 1.54) is 14.3 Å². The van der Waals surface area contributed by atoms with Gasteiger partial charge in [0.1, 0.15) is 5.75 Å². The maximum absolute atomic E-state index is 6.19. The first kappa shape index (κ1) is 14.9. The maximum atomic E-state index is 6.19. The van der Waals surface area contributed by atoms with E-state index in [2.05, 4.69) is 29.8 Å². The largest absolute Gasteiger partial charge is 0.496 e. The van der Waals surface area contributed by atoms with Gasteiger partial charge in [0, 0.05) is 24.9 Å². The Balaban J connectivity index is 2.09. The van der Waals surface area contributed by atoms with Gasteiger partial charge >= 0.3 is 0 Å². The van der Waals surface area contributed by atoms with E-state index in [0.29, 0.717) is 0 Å². The van der Waals surface area contributed by atoms with Gasteiger partial charge in [-0.25, -0.2) is 0 Å². The lowest BCUT2D eigenvalue weighted by atomic mass is 10.0. The summed E-state index contributed by atoms with van der Waals surface area (Å²) >= 11 is 9.78. The first-order valence-corrected chi connectivity index (χ1v) is 8.84. The van der Waals surface area contributed by atoms with Crippen LogP contribution in [0, 0.1) is 0 Å². The Labute approximate surface area is 137 Å². The summed E-state index contributed by atoms with van der Waals surface area (Å²) in [5, 5.41) is 6.41. The maximum Gasteiger partial charge on any atom is 0.124 e. The third-order valence-corrected chi connectivity index (χ3v) is 5.75. The number of hydrogen-bond donors (Lipinski definition) is 1. The van der Waals surface area contributed by atoms with Crippen LogP contribution in [0.4, 0.5) is 0 Å². The summed E-state index contributed by atoms with van der Waals surface area (Å²) in [4.78, 5) is 1.29. The Morgan fingerprint density at radius 3 is 2.81 bits per heavy atom. The van der Waals surface area contributed by atoms with Crippen LogP contribution in [0.25, 0.3) is 9.40 Å². The zero-order valence-corrected chi connectivity index (χ0v) is 14.2. The van der Waals surface area contributed by atoms with Crippen LogP contribution in [-0.4, -0.2) is 13.7 Å². The fraction of sp³-hybridized carbons (Fsp3) is 0.250. The van der Waals surface area contributed by atoms with E-state index in [1.807, 2.05) is 29.5 Å². The van der Waals surface area contributed by atoms with Crippen molar-refractivity contribution in [3.63, 3.8) is 0 Å². The minimum Gasteiger partial charge on any atom is -0.496 e. The number of halogens is 1. The second-order valence-electron chi connectivity index (χ2n) is 4.67. The van der Waals surface area contributed by atoms with Gasteiger partial charge in [-0.3, -0.25) is 0 Å². The van der Waals surface area contributed by atoms with Crippen molar-refractivity contribution in [2.45, 2.75) is 13.0 Å². The molecule has 110 valence electrons. The molecule has 0 saturated heterocycles. The molecular formula is C16H16ClNOS2. The molecule has 1 N–H and O–H groups in total. The summed E-state index contributed by atoms with van der Waals surface area (Å²) in [5.74, 6) is 0.863. The van der Waals surface area contributed by atoms with E-state index < -0.39 is 0 Å². The highest BCUT2D eigenvalue weighted by atomic mass is 35.5. The van der Waals surface area contributed by atoms with Crippen LogP contribution in [0.1, 0.15) is 23.4 Å². The summed E-state index contributed by atoms with van der Waals surface area (Å²) in [7, 11) is 1.70. The molecule has 1 aromatic carbocycles. The zero-order valence-electron chi connectivity index (χ0n) is 11.9. The lowest BCUT2D eigenvalue weighted by molar-refractivity contribution is 0.405. The van der Waals surface area contributed by atoms with Gasteiger partial charge in [0.05, 0.1) is 13.2 Å². The molecular weight excluding hydrogens is 322 g/mol. The van der Waals surface area contributed by atoms with Crippen LogP contribution in [0.5, 0.6) is 5.75 Å². The van der Waals surface area contributed by atoms with Crippen LogP contribution in [0.15, 0.2) is 35.7 Å². The fourth-order valence-electron chi connectivity index (χ4n) is 2.43. The predicted octanol–water partition coefficient (Wildman–Crippen LogP) is 5.32. The Hall–Kier alpha value is -1.07. The number of ether oxygens (including phenoxy) is 1. The van der Waals surface area contributed by atoms with Crippen LogP contribution in [0.3, 0.4) is 0 Å². The van der Waals surface area contributed by atoms with Crippen molar-refractivity contribution in [3.8, 4) is 5.75 Å². The minimum atomic E-state index is 0.105. The Morgan fingerprint density at radius 1 is 1.24 bits per heavy atom. The highest BCUT2D eigenvalue weighted by Gasteiger charge is 2.20. The minimum absolute atomic E-state index is 0.105. The van der Waals surface area contributed by atoms with Crippen LogP contribution in [-0.2, 0) is 0 Å². The van der Waals surface area contributed by atoms with E-state index in [1.54, 1.807) is 18.4 Å². The number of thiophene rings is 2. The molecule has 1 atom stereocenters. The Kier molecular flexibility index (Phi) is 4.50. The number of methoxy groups -OCH3 is 1. The standard InChI is InChI=1S/C16H16ClNOS2/c1-3-18-16(11-8-10(17)4-5-12(11)19-2)15-9-14-13(21-15)6-7-20-14/h4-9,16,18H,3H2,1-2H3. The molecule has 0 aliphatic carbocycles. The van der Waals surface area contributed by atoms with Crippen LogP contribution >= 0.6 is 34.3 Å². The van der Waals surface area contributed by atoms with Gasteiger partial charge < -0.3 is 10.1 Å². The molecule has 2 aromatic heterocycles. The lowest BCUT2D eigenvalue weighted by Crippen LogP contribution is -2.21. The number of rotatable bonds is 5. The van der Waals surface area contributed by atoms with Crippen molar-refractivity contribution in [2.75, 3.05) is 13.7 Å². The smallest absolute Gasteiger partial charge is 0.124 e. The van der Waals surface area contributed by atoms with Crippen molar-refractivity contribution < 1.29 is 4.74 Å². The monoisotopic (exact) mass is 337 g/mol. The average Bonchev–Trinajstić information content (AvgIpc) is 3.06. The van der Waals surface area contributed by atoms with Gasteiger partial charge in [-0.05, 0) is 42.3 Å². The molecule has 0 aliphatic rings. The molecule has 0 amide bonds. The zero-order chi connectivity index (χ0) is 14.8. The topological polar surface area (TPSA) is 21.3 Å². The molecule has 0 saturated carbocycles. The first-order chi connectivity index (χ1) is 10.2. The van der Waals surface area contributed by atoms with Gasteiger partial charge in [-0.1, -0.05) is 18.5 Å². The van der Waals surface area contributed by atoms with Gasteiger partial charge in [0.25, 0.3) is 0 Å². The third kappa shape index (κ3) is 2.94. The molecule has 5 heteroatoms. The SMILES string of the molecule is CCNC(c1cc2sccc2s1)c1cc(Cl)ccc1OC. The van der Waals surface area contributed by atoms with E-state index in [-0.39, 0.29) is 6.04 Å². The summed E-state index contributed by atoms with van der Waals surface area (Å²) in [6.45, 7) is 2.99. The molecule has 2 nitrogen and oxygen atoms in total. The molecule has 0 aliphatic heterocycles. The average molecular weight is 338 g/mol. The molecule has 2 heterocycles. The highest BCUT2D eigenvalue weighted by Crippen LogP contribution is 2.39. The second kappa shape index (κ2) is 6.36. The molecule has 1 unspecified atom stereocenters. The summed E-state index contributed by atoms with van der Waals surface area (Å²) in [5.41, 5.74) is 1.08. The summed E-state index contributed by atoms with van der Waals surface area (Å²) < 4.78 is 8.18. The number of benzene rings is 1. The molecule has 3 aromatic rings. The normalized spacial score (nSPS) is 12.7. The molecule has 3 rings (SSSR count). The second-order valence-corrected chi connectivity index (χ2v) is 7.17. The summed E-state index contributed by atoms with van der Waals surface area (Å²) in [6, 6.07) is 10.3. The first-order valence-electron chi connectivity index (χ1n) is 6.76. The molecule has 0 spiro atoms. The molecule has 0 radical (unpaired) electrons. The lowest BCUT2D eigenvalue weighted by Gasteiger charge is -2.20. The van der Waals surface area contributed by atoms with Crippen molar-refractivity contribution >= 4 is 43.7 Å². The Morgan fingerprint density at radius 2 is 2.10 bits per heavy atom.